The van der Waals surface area contributed by atoms with Crippen molar-refractivity contribution in [2.24, 2.45) is 0 Å². The Balaban J connectivity index is 1.89. The number of fused-ring (bicyclic) bond motifs is 1. The van der Waals surface area contributed by atoms with Crippen molar-refractivity contribution in [1.29, 1.82) is 0 Å². The number of thioether (sulfide) groups is 1. The Kier molecular flexibility index (Phi) is 5.10. The van der Waals surface area contributed by atoms with Crippen LogP contribution < -0.4 is 5.32 Å². The average Bonchev–Trinajstić information content (AvgIpc) is 2.81. The Morgan fingerprint density at radius 3 is 2.78 bits per heavy atom. The minimum absolute atomic E-state index is 0.184. The molecule has 1 aromatic rings. The van der Waals surface area contributed by atoms with Crippen LogP contribution in [0.5, 0.6) is 0 Å². The van der Waals surface area contributed by atoms with Crippen molar-refractivity contribution in [2.75, 3.05) is 12.4 Å². The van der Waals surface area contributed by atoms with Crippen LogP contribution in [0.4, 0.5) is 0 Å². The highest BCUT2D eigenvalue weighted by atomic mass is 32.2. The molecule has 0 aromatic heterocycles. The molecule has 18 heavy (non-hydrogen) atoms. The molecule has 100 valence electrons. The van der Waals surface area contributed by atoms with Gasteiger partial charge in [-0.15, -0.1) is 11.8 Å². The Morgan fingerprint density at radius 2 is 2.06 bits per heavy atom. The maximum atomic E-state index is 9.33. The molecule has 1 aromatic carbocycles. The predicted molar refractivity (Wildman–Crippen MR) is 78.3 cm³/mol. The second-order valence-electron chi connectivity index (χ2n) is 5.30. The molecule has 1 aliphatic carbocycles. The van der Waals surface area contributed by atoms with E-state index in [0.717, 1.165) is 5.75 Å². The Morgan fingerprint density at radius 1 is 1.28 bits per heavy atom. The topological polar surface area (TPSA) is 32.3 Å². The van der Waals surface area contributed by atoms with Gasteiger partial charge in [0.25, 0.3) is 0 Å². The van der Waals surface area contributed by atoms with E-state index in [0.29, 0.717) is 6.04 Å². The van der Waals surface area contributed by atoms with E-state index >= 15 is 0 Å². The summed E-state index contributed by atoms with van der Waals surface area (Å²) in [5, 5.41) is 12.7. The highest BCUT2D eigenvalue weighted by Crippen LogP contribution is 2.27. The summed E-state index contributed by atoms with van der Waals surface area (Å²) in [6, 6.07) is 7.43. The van der Waals surface area contributed by atoms with Crippen LogP contribution >= 0.6 is 11.8 Å². The van der Waals surface area contributed by atoms with Gasteiger partial charge in [0, 0.05) is 22.7 Å². The molecule has 1 unspecified atom stereocenters. The van der Waals surface area contributed by atoms with Crippen molar-refractivity contribution < 1.29 is 5.11 Å². The Labute approximate surface area is 114 Å². The van der Waals surface area contributed by atoms with E-state index in [1.165, 1.54) is 35.3 Å². The van der Waals surface area contributed by atoms with Crippen LogP contribution in [0.1, 0.15) is 31.4 Å². The van der Waals surface area contributed by atoms with Gasteiger partial charge in [-0.3, -0.25) is 0 Å². The second-order valence-corrected chi connectivity index (χ2v) is 6.39. The van der Waals surface area contributed by atoms with Crippen molar-refractivity contribution in [1.82, 2.24) is 5.32 Å². The third-order valence-corrected chi connectivity index (χ3v) is 4.47. The first kappa shape index (κ1) is 13.9. The number of aliphatic hydroxyl groups is 1. The fourth-order valence-electron chi connectivity index (χ4n) is 2.46. The summed E-state index contributed by atoms with van der Waals surface area (Å²) in [5.74, 6) is 0.924. The van der Waals surface area contributed by atoms with Crippen LogP contribution in [-0.4, -0.2) is 29.5 Å². The smallest absolute Gasteiger partial charge is 0.0592 e. The van der Waals surface area contributed by atoms with E-state index < -0.39 is 0 Å². The molecule has 2 nitrogen and oxygen atoms in total. The molecule has 0 heterocycles. The molecule has 3 heteroatoms. The SMILES string of the molecule is CC(C)NC(CO)CSc1ccc2c(c1)CCC2. The summed E-state index contributed by atoms with van der Waals surface area (Å²) < 4.78 is 0. The first-order valence-electron chi connectivity index (χ1n) is 6.80. The summed E-state index contributed by atoms with van der Waals surface area (Å²) >= 11 is 1.84. The molecule has 2 rings (SSSR count). The standard InChI is InChI=1S/C15H23NOS/c1-11(2)16-14(9-17)10-18-15-7-6-12-4-3-5-13(12)8-15/h6-8,11,14,16-17H,3-5,9-10H2,1-2H3. The molecule has 0 saturated heterocycles. The van der Waals surface area contributed by atoms with Gasteiger partial charge in [0.05, 0.1) is 6.61 Å². The summed E-state index contributed by atoms with van der Waals surface area (Å²) in [4.78, 5) is 1.33. The van der Waals surface area contributed by atoms with Crippen LogP contribution in [0.25, 0.3) is 0 Å². The van der Waals surface area contributed by atoms with Gasteiger partial charge in [-0.05, 0) is 42.5 Å². The molecule has 2 N–H and O–H groups in total. The number of hydrogen-bond acceptors (Lipinski definition) is 3. The first-order chi connectivity index (χ1) is 8.69. The van der Waals surface area contributed by atoms with Gasteiger partial charge >= 0.3 is 0 Å². The molecule has 0 amide bonds. The zero-order chi connectivity index (χ0) is 13.0. The molecule has 0 fully saturated rings. The second kappa shape index (κ2) is 6.60. The third kappa shape index (κ3) is 3.74. The lowest BCUT2D eigenvalue weighted by atomic mass is 10.1. The fourth-order valence-corrected chi connectivity index (χ4v) is 3.44. The lowest BCUT2D eigenvalue weighted by Crippen LogP contribution is -2.39. The number of aliphatic hydroxyl groups excluding tert-OH is 1. The van der Waals surface area contributed by atoms with Crippen LogP contribution in [0.15, 0.2) is 23.1 Å². The van der Waals surface area contributed by atoms with Gasteiger partial charge in [-0.1, -0.05) is 19.9 Å². The maximum Gasteiger partial charge on any atom is 0.0592 e. The Bertz CT molecular complexity index is 392. The fraction of sp³-hybridized carbons (Fsp3) is 0.600. The minimum atomic E-state index is 0.184. The number of rotatable bonds is 6. The van der Waals surface area contributed by atoms with E-state index in [9.17, 15) is 5.11 Å². The monoisotopic (exact) mass is 265 g/mol. The molecule has 0 saturated carbocycles. The zero-order valence-corrected chi connectivity index (χ0v) is 12.1. The molecule has 0 radical (unpaired) electrons. The molecule has 0 spiro atoms. The highest BCUT2D eigenvalue weighted by molar-refractivity contribution is 7.99. The number of benzene rings is 1. The zero-order valence-electron chi connectivity index (χ0n) is 11.3. The first-order valence-corrected chi connectivity index (χ1v) is 7.79. The van der Waals surface area contributed by atoms with Crippen LogP contribution in [0.3, 0.4) is 0 Å². The van der Waals surface area contributed by atoms with E-state index in [-0.39, 0.29) is 12.6 Å². The van der Waals surface area contributed by atoms with Crippen molar-refractivity contribution in [2.45, 2.75) is 50.1 Å². The van der Waals surface area contributed by atoms with E-state index in [1.54, 1.807) is 0 Å². The van der Waals surface area contributed by atoms with Crippen molar-refractivity contribution in [3.05, 3.63) is 29.3 Å². The van der Waals surface area contributed by atoms with Gasteiger partial charge in [-0.25, -0.2) is 0 Å². The van der Waals surface area contributed by atoms with Crippen LogP contribution in [-0.2, 0) is 12.8 Å². The van der Waals surface area contributed by atoms with Gasteiger partial charge in [0.1, 0.15) is 0 Å². The summed E-state index contributed by atoms with van der Waals surface area (Å²) in [6.07, 6.45) is 3.78. The van der Waals surface area contributed by atoms with Gasteiger partial charge in [0.2, 0.25) is 0 Å². The molecule has 0 bridgehead atoms. The van der Waals surface area contributed by atoms with E-state index in [4.69, 9.17) is 0 Å². The van der Waals surface area contributed by atoms with Crippen LogP contribution in [0, 0.1) is 0 Å². The Hall–Kier alpha value is -0.510. The minimum Gasteiger partial charge on any atom is -0.395 e. The van der Waals surface area contributed by atoms with E-state index in [1.807, 2.05) is 11.8 Å². The normalized spacial score (nSPS) is 16.0. The number of aryl methyl sites for hydroxylation is 2. The van der Waals surface area contributed by atoms with Crippen molar-refractivity contribution in [3.63, 3.8) is 0 Å². The lowest BCUT2D eigenvalue weighted by Gasteiger charge is -2.18. The third-order valence-electron chi connectivity index (χ3n) is 3.31. The lowest BCUT2D eigenvalue weighted by molar-refractivity contribution is 0.247. The van der Waals surface area contributed by atoms with Gasteiger partial charge in [-0.2, -0.15) is 0 Å². The largest absolute Gasteiger partial charge is 0.395 e. The summed E-state index contributed by atoms with van der Waals surface area (Å²) in [7, 11) is 0. The van der Waals surface area contributed by atoms with Gasteiger partial charge in [0.15, 0.2) is 0 Å². The molecule has 0 aliphatic heterocycles. The van der Waals surface area contributed by atoms with Gasteiger partial charge < -0.3 is 10.4 Å². The average molecular weight is 265 g/mol. The highest BCUT2D eigenvalue weighted by Gasteiger charge is 2.13. The van der Waals surface area contributed by atoms with Crippen molar-refractivity contribution in [3.8, 4) is 0 Å². The van der Waals surface area contributed by atoms with Crippen molar-refractivity contribution >= 4 is 11.8 Å². The molecular formula is C15H23NOS. The quantitative estimate of drug-likeness (QED) is 0.776. The number of hydrogen-bond donors (Lipinski definition) is 2. The maximum absolute atomic E-state index is 9.33. The van der Waals surface area contributed by atoms with E-state index in [2.05, 4.69) is 37.4 Å². The molecule has 1 aliphatic rings. The molecular weight excluding hydrogens is 242 g/mol. The predicted octanol–water partition coefficient (Wildman–Crippen LogP) is 2.63. The number of nitrogens with one attached hydrogen (secondary N) is 1. The molecule has 1 atom stereocenters. The van der Waals surface area contributed by atoms with Crippen LogP contribution in [0.2, 0.25) is 0 Å². The summed E-state index contributed by atoms with van der Waals surface area (Å²) in [6.45, 7) is 4.43. The summed E-state index contributed by atoms with van der Waals surface area (Å²) in [5.41, 5.74) is 3.05.